The number of nitrogens with two attached hydrogens (primary N) is 1. The maximum absolute atomic E-state index is 13.7. The molecule has 1 atom stereocenters. The van der Waals surface area contributed by atoms with Gasteiger partial charge in [0.15, 0.2) is 23.0 Å². The fraction of sp³-hybridized carbons (Fsp3) is 0.471. The molecule has 0 amide bonds. The standard InChI is InChI=1S/C17H17F3N6O2/c1-8(25-6-16(2,18)7-25)5-11-22-14-9-3-4-10-13(28-17(19,20)27-10)12(9)23-15(21)26(14)24-11/h3-4,8H,5-7H2,1-2H3,(H2,21,23)/t8-/m0/s1. The Morgan fingerprint density at radius 3 is 2.68 bits per heavy atom. The first-order valence-electron chi connectivity index (χ1n) is 8.78. The van der Waals surface area contributed by atoms with E-state index in [2.05, 4.69) is 24.5 Å². The number of fused-ring (bicyclic) bond motifs is 5. The average molecular weight is 394 g/mol. The summed E-state index contributed by atoms with van der Waals surface area (Å²) in [4.78, 5) is 10.7. The minimum atomic E-state index is -3.75. The molecule has 11 heteroatoms. The second-order valence-electron chi connectivity index (χ2n) is 7.56. The molecule has 8 nitrogen and oxygen atoms in total. The van der Waals surface area contributed by atoms with Gasteiger partial charge >= 0.3 is 6.29 Å². The molecule has 1 saturated heterocycles. The zero-order valence-electron chi connectivity index (χ0n) is 15.1. The lowest BCUT2D eigenvalue weighted by atomic mass is 9.96. The van der Waals surface area contributed by atoms with Crippen molar-refractivity contribution in [3.8, 4) is 11.5 Å². The fourth-order valence-corrected chi connectivity index (χ4v) is 3.73. The van der Waals surface area contributed by atoms with Crippen LogP contribution in [-0.2, 0) is 6.42 Å². The highest BCUT2D eigenvalue weighted by Gasteiger charge is 2.45. The Kier molecular flexibility index (Phi) is 3.32. The van der Waals surface area contributed by atoms with E-state index in [0.29, 0.717) is 36.4 Å². The molecular formula is C17H17F3N6O2. The van der Waals surface area contributed by atoms with Gasteiger partial charge in [0.1, 0.15) is 11.2 Å². The normalized spacial score (nSPS) is 21.2. The first kappa shape index (κ1) is 17.3. The highest BCUT2D eigenvalue weighted by atomic mass is 19.3. The average Bonchev–Trinajstić information content (AvgIpc) is 3.12. The minimum absolute atomic E-state index is 0.0126. The number of anilines is 1. The number of aromatic nitrogens is 4. The molecule has 0 unspecified atom stereocenters. The number of alkyl halides is 3. The largest absolute Gasteiger partial charge is 0.586 e. The maximum Gasteiger partial charge on any atom is 0.586 e. The molecule has 5 rings (SSSR count). The van der Waals surface area contributed by atoms with Gasteiger partial charge in [-0.15, -0.1) is 13.9 Å². The number of hydrogen-bond donors (Lipinski definition) is 1. The van der Waals surface area contributed by atoms with Crippen molar-refractivity contribution in [2.24, 2.45) is 0 Å². The summed E-state index contributed by atoms with van der Waals surface area (Å²) in [6.07, 6.45) is -3.27. The number of nitrogens with zero attached hydrogens (tertiary/aromatic N) is 5. The molecule has 0 spiro atoms. The van der Waals surface area contributed by atoms with Crippen LogP contribution in [0.1, 0.15) is 19.7 Å². The van der Waals surface area contributed by atoms with Crippen molar-refractivity contribution in [3.63, 3.8) is 0 Å². The van der Waals surface area contributed by atoms with Gasteiger partial charge in [-0.2, -0.15) is 4.52 Å². The Morgan fingerprint density at radius 2 is 1.96 bits per heavy atom. The molecular weight excluding hydrogens is 377 g/mol. The van der Waals surface area contributed by atoms with Gasteiger partial charge in [-0.3, -0.25) is 4.90 Å². The van der Waals surface area contributed by atoms with E-state index in [0.717, 1.165) is 0 Å². The topological polar surface area (TPSA) is 90.8 Å². The van der Waals surface area contributed by atoms with E-state index in [1.165, 1.54) is 10.6 Å². The Labute approximate surface area is 157 Å². The van der Waals surface area contributed by atoms with Crippen molar-refractivity contribution in [1.29, 1.82) is 0 Å². The number of nitrogen functional groups attached to an aromatic ring is 1. The van der Waals surface area contributed by atoms with Crippen molar-refractivity contribution in [1.82, 2.24) is 24.5 Å². The van der Waals surface area contributed by atoms with Gasteiger partial charge < -0.3 is 15.2 Å². The molecule has 28 heavy (non-hydrogen) atoms. The van der Waals surface area contributed by atoms with E-state index < -0.39 is 12.0 Å². The van der Waals surface area contributed by atoms with Gasteiger partial charge in [-0.1, -0.05) is 0 Å². The Balaban J connectivity index is 1.53. The predicted octanol–water partition coefficient (Wildman–Crippen LogP) is 2.16. The summed E-state index contributed by atoms with van der Waals surface area (Å²) in [5.74, 6) is 0.192. The lowest BCUT2D eigenvalue weighted by Gasteiger charge is -2.45. The number of ether oxygens (including phenoxy) is 2. The van der Waals surface area contributed by atoms with Gasteiger partial charge in [-0.05, 0) is 26.0 Å². The minimum Gasteiger partial charge on any atom is -0.395 e. The van der Waals surface area contributed by atoms with Gasteiger partial charge in [0, 0.05) is 30.9 Å². The number of likely N-dealkylation sites (tertiary alicyclic amines) is 1. The van der Waals surface area contributed by atoms with Crippen LogP contribution in [0, 0.1) is 0 Å². The summed E-state index contributed by atoms with van der Waals surface area (Å²) >= 11 is 0. The Hall–Kier alpha value is -2.82. The van der Waals surface area contributed by atoms with Crippen LogP contribution >= 0.6 is 0 Å². The van der Waals surface area contributed by atoms with E-state index in [1.807, 2.05) is 11.8 Å². The third-order valence-electron chi connectivity index (χ3n) is 5.05. The molecule has 2 N–H and O–H groups in total. The highest BCUT2D eigenvalue weighted by Crippen LogP contribution is 2.45. The van der Waals surface area contributed by atoms with Gasteiger partial charge in [0.25, 0.3) is 0 Å². The number of rotatable bonds is 3. The van der Waals surface area contributed by atoms with E-state index in [1.54, 1.807) is 13.0 Å². The molecule has 0 radical (unpaired) electrons. The molecule has 1 aromatic carbocycles. The number of benzene rings is 1. The van der Waals surface area contributed by atoms with Crippen LogP contribution in [0.4, 0.5) is 19.1 Å². The molecule has 2 aromatic heterocycles. The van der Waals surface area contributed by atoms with E-state index in [4.69, 9.17) is 5.73 Å². The van der Waals surface area contributed by atoms with Crippen LogP contribution in [0.15, 0.2) is 12.1 Å². The smallest absolute Gasteiger partial charge is 0.395 e. The molecule has 0 aliphatic carbocycles. The maximum atomic E-state index is 13.7. The van der Waals surface area contributed by atoms with Crippen LogP contribution < -0.4 is 15.2 Å². The van der Waals surface area contributed by atoms with Crippen molar-refractivity contribution >= 4 is 22.5 Å². The fourth-order valence-electron chi connectivity index (χ4n) is 3.73. The van der Waals surface area contributed by atoms with Crippen molar-refractivity contribution in [2.45, 2.75) is 38.3 Å². The molecule has 2 aliphatic rings. The molecule has 0 saturated carbocycles. The van der Waals surface area contributed by atoms with Gasteiger partial charge in [0.05, 0.1) is 0 Å². The molecule has 1 fully saturated rings. The quantitative estimate of drug-likeness (QED) is 0.728. The molecule has 2 aliphatic heterocycles. The third-order valence-corrected chi connectivity index (χ3v) is 5.05. The highest BCUT2D eigenvalue weighted by molar-refractivity contribution is 5.97. The zero-order valence-corrected chi connectivity index (χ0v) is 15.1. The van der Waals surface area contributed by atoms with Crippen molar-refractivity contribution in [2.75, 3.05) is 18.8 Å². The third kappa shape index (κ3) is 2.60. The summed E-state index contributed by atoms with van der Waals surface area (Å²) in [5.41, 5.74) is 5.32. The molecule has 4 heterocycles. The van der Waals surface area contributed by atoms with Crippen molar-refractivity contribution in [3.05, 3.63) is 18.0 Å². The molecule has 3 aromatic rings. The summed E-state index contributed by atoms with van der Waals surface area (Å²) in [7, 11) is 0. The predicted molar refractivity (Wildman–Crippen MR) is 93.2 cm³/mol. The summed E-state index contributed by atoms with van der Waals surface area (Å²) in [6, 6.07) is 2.98. The van der Waals surface area contributed by atoms with Gasteiger partial charge in [0.2, 0.25) is 5.95 Å². The number of hydrogen-bond acceptors (Lipinski definition) is 7. The first-order chi connectivity index (χ1) is 13.1. The second kappa shape index (κ2) is 5.37. The van der Waals surface area contributed by atoms with Crippen molar-refractivity contribution < 1.29 is 22.6 Å². The van der Waals surface area contributed by atoms with E-state index >= 15 is 0 Å². The van der Waals surface area contributed by atoms with Crippen LogP contribution in [0.5, 0.6) is 11.5 Å². The van der Waals surface area contributed by atoms with Crippen LogP contribution in [0.3, 0.4) is 0 Å². The second-order valence-corrected chi connectivity index (χ2v) is 7.56. The van der Waals surface area contributed by atoms with Crippen LogP contribution in [0.25, 0.3) is 16.6 Å². The molecule has 148 valence electrons. The summed E-state index contributed by atoms with van der Waals surface area (Å²) in [6.45, 7) is 4.28. The lowest BCUT2D eigenvalue weighted by molar-refractivity contribution is -0.286. The van der Waals surface area contributed by atoms with Crippen LogP contribution in [-0.4, -0.2) is 55.6 Å². The first-order valence-corrected chi connectivity index (χ1v) is 8.78. The number of halogens is 3. The lowest BCUT2D eigenvalue weighted by Crippen LogP contribution is -2.60. The van der Waals surface area contributed by atoms with E-state index in [9.17, 15) is 13.2 Å². The van der Waals surface area contributed by atoms with Gasteiger partial charge in [-0.25, -0.2) is 14.4 Å². The van der Waals surface area contributed by atoms with Crippen LogP contribution in [0.2, 0.25) is 0 Å². The SMILES string of the molecule is C[C@@H](Cc1nc2c3ccc4c(c3nc(N)n2n1)OC(F)(F)O4)N1CC(C)(F)C1. The monoisotopic (exact) mass is 394 g/mol. The Morgan fingerprint density at radius 1 is 1.21 bits per heavy atom. The summed E-state index contributed by atoms with van der Waals surface area (Å²) in [5, 5.41) is 4.84. The zero-order chi connectivity index (χ0) is 19.8. The van der Waals surface area contributed by atoms with E-state index in [-0.39, 0.29) is 29.0 Å². The molecule has 0 bridgehead atoms. The Bertz CT molecular complexity index is 1110. The summed E-state index contributed by atoms with van der Waals surface area (Å²) < 4.78 is 51.0.